The zero-order valence-corrected chi connectivity index (χ0v) is 17.9. The van der Waals surface area contributed by atoms with Crippen molar-refractivity contribution < 1.29 is 39.2 Å². The van der Waals surface area contributed by atoms with Crippen LogP contribution < -0.4 is 11.1 Å². The molecule has 4 rings (SSSR count). The molecule has 176 valence electrons. The first kappa shape index (κ1) is 22.9. The lowest BCUT2D eigenvalue weighted by Crippen LogP contribution is -2.57. The first-order valence-electron chi connectivity index (χ1n) is 10.6. The number of allylic oxidation sites excluding steroid dienone is 2. The van der Waals surface area contributed by atoms with Gasteiger partial charge < -0.3 is 31.5 Å². The zero-order valence-electron chi connectivity index (χ0n) is 17.9. The topological polar surface area (TPSA) is 170 Å². The quantitative estimate of drug-likeness (QED) is 0.354. The molecule has 1 aromatic rings. The molecule has 4 atom stereocenters. The molecule has 1 amide bonds. The third kappa shape index (κ3) is 3.32. The van der Waals surface area contributed by atoms with E-state index in [1.54, 1.807) is 13.0 Å². The molecule has 0 radical (unpaired) electrons. The van der Waals surface area contributed by atoms with E-state index in [0.717, 1.165) is 0 Å². The van der Waals surface area contributed by atoms with Crippen molar-refractivity contribution in [3.63, 3.8) is 0 Å². The van der Waals surface area contributed by atoms with Gasteiger partial charge >= 0.3 is 0 Å². The number of Topliss-reactive ketones (excluding diaryl/α,β-unsaturated/α-hetero) is 2. The number of ketones is 2. The molecule has 3 aliphatic rings. The summed E-state index contributed by atoms with van der Waals surface area (Å²) in [6.07, 6.45) is -0.00595. The van der Waals surface area contributed by atoms with Crippen LogP contribution in [0.4, 0.5) is 4.39 Å². The van der Waals surface area contributed by atoms with Crippen LogP contribution in [-0.2, 0) is 22.6 Å². The maximum absolute atomic E-state index is 13.4. The Labute approximate surface area is 188 Å². The Morgan fingerprint density at radius 2 is 1.97 bits per heavy atom. The number of fused-ring (bicyclic) bond motifs is 3. The van der Waals surface area contributed by atoms with Gasteiger partial charge in [-0.3, -0.25) is 14.4 Å². The number of halogens is 1. The van der Waals surface area contributed by atoms with E-state index in [0.29, 0.717) is 11.1 Å². The van der Waals surface area contributed by atoms with Gasteiger partial charge in [-0.1, -0.05) is 6.07 Å². The number of nitrogens with one attached hydrogen (secondary N) is 1. The SMILES string of the molecule is CC(CF)NCc1ccc(O)c2c1C[C@H]1C[C@H]3CC(O)=C(C(N)=O)C(=O)[C@@]3(O)C(O)=C1C2=O. The lowest BCUT2D eigenvalue weighted by atomic mass is 9.60. The fraction of sp³-hybridized carbons (Fsp3) is 0.435. The first-order valence-corrected chi connectivity index (χ1v) is 10.6. The van der Waals surface area contributed by atoms with Gasteiger partial charge in [-0.05, 0) is 42.9 Å². The van der Waals surface area contributed by atoms with Crippen molar-refractivity contribution in [2.75, 3.05) is 6.67 Å². The number of hydrogen-bond donors (Lipinski definition) is 6. The standard InChI is InChI=1S/C23H25FN2O7/c1-9(7-24)26-8-10-2-3-14(27)17-13(10)5-11-4-12-6-15(28)18(22(25)32)21(31)23(12,33)20(30)16(11)19(17)29/h2-3,9,11-12,26-28,30,33H,4-8H2,1H3,(H2,25,32)/t9?,11-,12+,23+/m1/s1. The van der Waals surface area contributed by atoms with Crippen LogP contribution in [0.2, 0.25) is 0 Å². The number of aliphatic hydroxyl groups is 3. The van der Waals surface area contributed by atoms with Crippen LogP contribution in [0.25, 0.3) is 0 Å². The van der Waals surface area contributed by atoms with E-state index in [1.165, 1.54) is 6.07 Å². The van der Waals surface area contributed by atoms with Crippen molar-refractivity contribution in [2.24, 2.45) is 17.6 Å². The molecule has 0 saturated heterocycles. The highest BCUT2D eigenvalue weighted by atomic mass is 19.1. The number of aliphatic hydroxyl groups excluding tert-OH is 2. The molecule has 1 aromatic carbocycles. The number of phenolic OH excluding ortho intramolecular Hbond substituents is 1. The number of amides is 1. The molecule has 0 aliphatic heterocycles. The number of phenols is 1. The van der Waals surface area contributed by atoms with Crippen molar-refractivity contribution in [1.82, 2.24) is 5.32 Å². The van der Waals surface area contributed by atoms with E-state index in [4.69, 9.17) is 5.73 Å². The average molecular weight is 460 g/mol. The molecule has 1 unspecified atom stereocenters. The van der Waals surface area contributed by atoms with Crippen LogP contribution in [-0.4, -0.2) is 56.2 Å². The van der Waals surface area contributed by atoms with Crippen molar-refractivity contribution in [3.8, 4) is 5.75 Å². The van der Waals surface area contributed by atoms with Gasteiger partial charge in [-0.25, -0.2) is 4.39 Å². The van der Waals surface area contributed by atoms with E-state index in [2.05, 4.69) is 5.32 Å². The summed E-state index contributed by atoms with van der Waals surface area (Å²) in [5, 5.41) is 45.8. The minimum atomic E-state index is -2.58. The van der Waals surface area contributed by atoms with Crippen LogP contribution in [0.15, 0.2) is 34.8 Å². The summed E-state index contributed by atoms with van der Waals surface area (Å²) in [6, 6.07) is 2.54. The largest absolute Gasteiger partial charge is 0.511 e. The second kappa shape index (κ2) is 7.96. The highest BCUT2D eigenvalue weighted by Gasteiger charge is 2.59. The summed E-state index contributed by atoms with van der Waals surface area (Å²) < 4.78 is 12.9. The average Bonchev–Trinajstić information content (AvgIpc) is 2.75. The second-order valence-corrected chi connectivity index (χ2v) is 8.94. The van der Waals surface area contributed by atoms with Gasteiger partial charge in [0.15, 0.2) is 11.4 Å². The van der Waals surface area contributed by atoms with Crippen molar-refractivity contribution in [1.29, 1.82) is 0 Å². The molecule has 0 spiro atoms. The molecule has 33 heavy (non-hydrogen) atoms. The molecule has 0 heterocycles. The summed E-state index contributed by atoms with van der Waals surface area (Å²) >= 11 is 0. The fourth-order valence-corrected chi connectivity index (χ4v) is 5.19. The molecule has 7 N–H and O–H groups in total. The number of hydrogen-bond acceptors (Lipinski definition) is 8. The monoisotopic (exact) mass is 460 g/mol. The summed E-state index contributed by atoms with van der Waals surface area (Å²) in [4.78, 5) is 38.0. The number of primary amides is 1. The molecular weight excluding hydrogens is 435 g/mol. The molecule has 0 saturated carbocycles. The number of rotatable bonds is 5. The Morgan fingerprint density at radius 3 is 2.61 bits per heavy atom. The number of benzene rings is 1. The maximum atomic E-state index is 13.4. The van der Waals surface area contributed by atoms with Gasteiger partial charge in [-0.2, -0.15) is 0 Å². The molecule has 9 nitrogen and oxygen atoms in total. The lowest BCUT2D eigenvalue weighted by Gasteiger charge is -2.45. The predicted octanol–water partition coefficient (Wildman–Crippen LogP) is 1.03. The second-order valence-electron chi connectivity index (χ2n) is 8.94. The Morgan fingerprint density at radius 1 is 1.27 bits per heavy atom. The summed E-state index contributed by atoms with van der Waals surface area (Å²) in [7, 11) is 0. The number of alkyl halides is 1. The number of carbonyl (C=O) groups excluding carboxylic acids is 3. The van der Waals surface area contributed by atoms with Crippen LogP contribution in [0, 0.1) is 11.8 Å². The maximum Gasteiger partial charge on any atom is 0.255 e. The highest BCUT2D eigenvalue weighted by Crippen LogP contribution is 2.51. The van der Waals surface area contributed by atoms with Crippen molar-refractivity contribution in [3.05, 3.63) is 51.5 Å². The van der Waals surface area contributed by atoms with Gasteiger partial charge in [0.05, 0.1) is 5.56 Å². The Kier molecular flexibility index (Phi) is 5.53. The molecule has 0 aromatic heterocycles. The first-order chi connectivity index (χ1) is 15.5. The predicted molar refractivity (Wildman–Crippen MR) is 113 cm³/mol. The molecule has 0 fully saturated rings. The van der Waals surface area contributed by atoms with E-state index in [1.807, 2.05) is 0 Å². The Hall–Kier alpha value is -3.24. The summed E-state index contributed by atoms with van der Waals surface area (Å²) in [6.45, 7) is 1.33. The highest BCUT2D eigenvalue weighted by molar-refractivity contribution is 6.24. The number of aromatic hydroxyl groups is 1. The van der Waals surface area contributed by atoms with Gasteiger partial charge in [0.1, 0.15) is 29.5 Å². The Bertz CT molecular complexity index is 1140. The number of carbonyl (C=O) groups is 3. The van der Waals surface area contributed by atoms with Crippen LogP contribution >= 0.6 is 0 Å². The Balaban J connectivity index is 1.81. The fourth-order valence-electron chi connectivity index (χ4n) is 5.19. The number of nitrogens with two attached hydrogens (primary N) is 1. The van der Waals surface area contributed by atoms with Crippen LogP contribution in [0.3, 0.4) is 0 Å². The summed E-state index contributed by atoms with van der Waals surface area (Å²) in [5.41, 5.74) is 2.73. The van der Waals surface area contributed by atoms with Crippen LogP contribution in [0.1, 0.15) is 41.3 Å². The molecule has 3 aliphatic carbocycles. The summed E-state index contributed by atoms with van der Waals surface area (Å²) in [5.74, 6) is -6.61. The molecule has 0 bridgehead atoms. The smallest absolute Gasteiger partial charge is 0.255 e. The third-order valence-corrected chi connectivity index (χ3v) is 6.91. The minimum absolute atomic E-state index is 0.0566. The van der Waals surface area contributed by atoms with Gasteiger partial charge in [0.2, 0.25) is 5.78 Å². The van der Waals surface area contributed by atoms with Crippen LogP contribution in [0.5, 0.6) is 5.75 Å². The van der Waals surface area contributed by atoms with E-state index < -0.39 is 64.7 Å². The minimum Gasteiger partial charge on any atom is -0.511 e. The van der Waals surface area contributed by atoms with Gasteiger partial charge in [-0.15, -0.1) is 0 Å². The van der Waals surface area contributed by atoms with Crippen molar-refractivity contribution >= 4 is 17.5 Å². The van der Waals surface area contributed by atoms with Gasteiger partial charge in [0.25, 0.3) is 5.91 Å². The zero-order chi connectivity index (χ0) is 24.2. The van der Waals surface area contributed by atoms with E-state index in [9.17, 15) is 39.2 Å². The van der Waals surface area contributed by atoms with Crippen molar-refractivity contribution in [2.45, 2.75) is 44.4 Å². The third-order valence-electron chi connectivity index (χ3n) is 6.91. The normalized spacial score (nSPS) is 27.7. The van der Waals surface area contributed by atoms with Gasteiger partial charge in [0, 0.05) is 30.5 Å². The molecule has 10 heteroatoms. The molecular formula is C23H25FN2O7. The lowest BCUT2D eigenvalue weighted by molar-refractivity contribution is -0.144. The van der Waals surface area contributed by atoms with E-state index in [-0.39, 0.29) is 42.7 Å². The van der Waals surface area contributed by atoms with E-state index >= 15 is 0 Å².